The molecule has 0 aliphatic carbocycles. The largest absolute Gasteiger partial charge is 0.347 e. The zero-order valence-corrected chi connectivity index (χ0v) is 11.6. The van der Waals surface area contributed by atoms with Crippen molar-refractivity contribution < 1.29 is 4.79 Å². The smallest absolute Gasteiger partial charge is 0.252 e. The molecule has 16 heavy (non-hydrogen) atoms. The van der Waals surface area contributed by atoms with E-state index in [1.165, 1.54) is 0 Å². The third kappa shape index (κ3) is 3.63. The van der Waals surface area contributed by atoms with Crippen LogP contribution in [0.3, 0.4) is 0 Å². The Hall–Kier alpha value is -0.830. The molecule has 0 saturated heterocycles. The van der Waals surface area contributed by atoms with Gasteiger partial charge in [-0.25, -0.2) is 0 Å². The summed E-state index contributed by atoms with van der Waals surface area (Å²) in [5.74, 6) is -0.0223. The van der Waals surface area contributed by atoms with E-state index in [1.807, 2.05) is 38.1 Å². The molecule has 0 spiro atoms. The van der Waals surface area contributed by atoms with E-state index < -0.39 is 0 Å². The molecule has 0 aromatic heterocycles. The number of hydrogen-bond donors (Lipinski definition) is 1. The van der Waals surface area contributed by atoms with Gasteiger partial charge >= 0.3 is 0 Å². The van der Waals surface area contributed by atoms with Crippen molar-refractivity contribution in [3.8, 4) is 0 Å². The highest BCUT2D eigenvalue weighted by Gasteiger charge is 2.20. The number of carbonyl (C=O) groups excluding carboxylic acids is 1. The molecule has 1 N–H and O–H groups in total. The summed E-state index contributed by atoms with van der Waals surface area (Å²) < 4.78 is 0.833. The molecule has 0 bridgehead atoms. The van der Waals surface area contributed by atoms with Gasteiger partial charge in [-0.3, -0.25) is 4.79 Å². The zero-order valence-electron chi connectivity index (χ0n) is 10.0. The number of benzene rings is 1. The molecular weight excluding hydrogens is 266 g/mol. The number of hydrogen-bond acceptors (Lipinski definition) is 1. The van der Waals surface area contributed by atoms with E-state index in [0.29, 0.717) is 5.56 Å². The lowest BCUT2D eigenvalue weighted by molar-refractivity contribution is 0.0908. The number of carbonyl (C=O) groups is 1. The molecule has 0 unspecified atom stereocenters. The number of rotatable bonds is 4. The van der Waals surface area contributed by atoms with E-state index >= 15 is 0 Å². The van der Waals surface area contributed by atoms with E-state index in [-0.39, 0.29) is 11.4 Å². The summed E-state index contributed by atoms with van der Waals surface area (Å²) in [7, 11) is 0. The predicted octanol–water partition coefficient (Wildman–Crippen LogP) is 3.76. The van der Waals surface area contributed by atoms with Crippen molar-refractivity contribution >= 4 is 21.8 Å². The van der Waals surface area contributed by atoms with Gasteiger partial charge in [0.2, 0.25) is 0 Å². The van der Waals surface area contributed by atoms with E-state index in [1.54, 1.807) is 0 Å². The van der Waals surface area contributed by atoms with Gasteiger partial charge in [-0.05, 0) is 48.3 Å². The summed E-state index contributed by atoms with van der Waals surface area (Å²) in [5, 5.41) is 3.05. The summed E-state index contributed by atoms with van der Waals surface area (Å²) in [6.07, 6.45) is 2.03. The van der Waals surface area contributed by atoms with Crippen LogP contribution in [0.1, 0.15) is 44.0 Å². The van der Waals surface area contributed by atoms with Crippen LogP contribution in [0.15, 0.2) is 28.7 Å². The first kappa shape index (κ1) is 13.2. The van der Waals surface area contributed by atoms with Crippen molar-refractivity contribution in [3.63, 3.8) is 0 Å². The maximum absolute atomic E-state index is 12.0. The molecule has 0 heterocycles. The Kier molecular flexibility index (Phi) is 4.54. The fourth-order valence-electron chi connectivity index (χ4n) is 1.71. The van der Waals surface area contributed by atoms with Crippen molar-refractivity contribution in [3.05, 3.63) is 34.3 Å². The average Bonchev–Trinajstić information content (AvgIpc) is 2.17. The van der Waals surface area contributed by atoms with Crippen molar-refractivity contribution in [1.29, 1.82) is 0 Å². The minimum absolute atomic E-state index is 0.0223. The molecule has 1 rings (SSSR count). The second kappa shape index (κ2) is 5.48. The monoisotopic (exact) mass is 283 g/mol. The molecule has 2 nitrogen and oxygen atoms in total. The molecule has 1 amide bonds. The lowest BCUT2D eigenvalue weighted by Crippen LogP contribution is -2.43. The number of amides is 1. The lowest BCUT2D eigenvalue weighted by atomic mass is 9.98. The van der Waals surface area contributed by atoms with Crippen molar-refractivity contribution in [2.45, 2.75) is 39.2 Å². The quantitative estimate of drug-likeness (QED) is 0.896. The maximum atomic E-state index is 12.0. The first-order valence-electron chi connectivity index (χ1n) is 5.53. The Labute approximate surface area is 106 Å². The summed E-state index contributed by atoms with van der Waals surface area (Å²) >= 11 is 3.38. The SMILES string of the molecule is CCCC(C)(C)NC(=O)c1ccccc1Br. The summed E-state index contributed by atoms with van der Waals surface area (Å²) in [4.78, 5) is 12.0. The second-order valence-corrected chi connectivity index (χ2v) is 5.42. The van der Waals surface area contributed by atoms with Crippen LogP contribution in [-0.4, -0.2) is 11.4 Å². The topological polar surface area (TPSA) is 29.1 Å². The molecule has 0 radical (unpaired) electrons. The van der Waals surface area contributed by atoms with Crippen LogP contribution >= 0.6 is 15.9 Å². The van der Waals surface area contributed by atoms with Gasteiger partial charge in [0.05, 0.1) is 5.56 Å². The Morgan fingerprint density at radius 2 is 2.00 bits per heavy atom. The molecule has 0 aliphatic heterocycles. The average molecular weight is 284 g/mol. The van der Waals surface area contributed by atoms with Gasteiger partial charge < -0.3 is 5.32 Å². The summed E-state index contributed by atoms with van der Waals surface area (Å²) in [5.41, 5.74) is 0.535. The van der Waals surface area contributed by atoms with Crippen molar-refractivity contribution in [2.75, 3.05) is 0 Å². The molecule has 0 saturated carbocycles. The van der Waals surface area contributed by atoms with Gasteiger partial charge in [0.25, 0.3) is 5.91 Å². The van der Waals surface area contributed by atoms with Crippen LogP contribution in [0.2, 0.25) is 0 Å². The normalized spacial score (nSPS) is 11.2. The van der Waals surface area contributed by atoms with Crippen molar-refractivity contribution in [1.82, 2.24) is 5.32 Å². The Balaban J connectivity index is 2.77. The molecule has 1 aromatic rings. The molecule has 3 heteroatoms. The third-order valence-electron chi connectivity index (χ3n) is 2.45. The van der Waals surface area contributed by atoms with Crippen LogP contribution in [0.25, 0.3) is 0 Å². The lowest BCUT2D eigenvalue weighted by Gasteiger charge is -2.26. The zero-order chi connectivity index (χ0) is 12.2. The number of halogens is 1. The summed E-state index contributed by atoms with van der Waals surface area (Å²) in [6, 6.07) is 7.47. The fraction of sp³-hybridized carbons (Fsp3) is 0.462. The van der Waals surface area contributed by atoms with E-state index in [9.17, 15) is 4.79 Å². The Bertz CT molecular complexity index is 374. The predicted molar refractivity (Wildman–Crippen MR) is 70.6 cm³/mol. The second-order valence-electron chi connectivity index (χ2n) is 4.57. The molecule has 0 aliphatic rings. The standard InChI is InChI=1S/C13H18BrNO/c1-4-9-13(2,3)15-12(16)10-7-5-6-8-11(10)14/h5-8H,4,9H2,1-3H3,(H,15,16). The van der Waals surface area contributed by atoms with E-state index in [4.69, 9.17) is 0 Å². The minimum Gasteiger partial charge on any atom is -0.347 e. The molecule has 88 valence electrons. The summed E-state index contributed by atoms with van der Waals surface area (Å²) in [6.45, 7) is 6.21. The molecule has 0 atom stereocenters. The van der Waals surface area contributed by atoms with Gasteiger partial charge in [0.1, 0.15) is 0 Å². The van der Waals surface area contributed by atoms with E-state index in [2.05, 4.69) is 28.2 Å². The first-order valence-corrected chi connectivity index (χ1v) is 6.32. The van der Waals surface area contributed by atoms with Gasteiger partial charge in [0, 0.05) is 10.0 Å². The highest BCUT2D eigenvalue weighted by molar-refractivity contribution is 9.10. The van der Waals surface area contributed by atoms with Crippen LogP contribution < -0.4 is 5.32 Å². The molecular formula is C13H18BrNO. The van der Waals surface area contributed by atoms with Gasteiger partial charge in [-0.2, -0.15) is 0 Å². The Morgan fingerprint density at radius 3 is 2.56 bits per heavy atom. The van der Waals surface area contributed by atoms with Crippen LogP contribution in [0.4, 0.5) is 0 Å². The van der Waals surface area contributed by atoms with E-state index in [0.717, 1.165) is 17.3 Å². The minimum atomic E-state index is -0.152. The molecule has 1 aromatic carbocycles. The van der Waals surface area contributed by atoms with Crippen molar-refractivity contribution in [2.24, 2.45) is 0 Å². The number of nitrogens with one attached hydrogen (secondary N) is 1. The van der Waals surface area contributed by atoms with Crippen LogP contribution in [0.5, 0.6) is 0 Å². The fourth-order valence-corrected chi connectivity index (χ4v) is 2.17. The molecule has 0 fully saturated rings. The van der Waals surface area contributed by atoms with Crippen LogP contribution in [-0.2, 0) is 0 Å². The third-order valence-corrected chi connectivity index (χ3v) is 3.14. The maximum Gasteiger partial charge on any atom is 0.252 e. The van der Waals surface area contributed by atoms with Crippen LogP contribution in [0, 0.1) is 0 Å². The Morgan fingerprint density at radius 1 is 1.38 bits per heavy atom. The highest BCUT2D eigenvalue weighted by Crippen LogP contribution is 2.18. The first-order chi connectivity index (χ1) is 7.46. The highest BCUT2D eigenvalue weighted by atomic mass is 79.9. The van der Waals surface area contributed by atoms with Gasteiger partial charge in [-0.15, -0.1) is 0 Å². The van der Waals surface area contributed by atoms with Gasteiger partial charge in [-0.1, -0.05) is 25.5 Å². The van der Waals surface area contributed by atoms with Gasteiger partial charge in [0.15, 0.2) is 0 Å².